The predicted octanol–water partition coefficient (Wildman–Crippen LogP) is 4.59. The molecule has 5 heterocycles. The number of hydrogen-bond acceptors (Lipinski definition) is 7. The van der Waals surface area contributed by atoms with Gasteiger partial charge in [-0.15, -0.1) is 0 Å². The van der Waals surface area contributed by atoms with E-state index >= 15 is 0 Å². The lowest BCUT2D eigenvalue weighted by Crippen LogP contribution is -2.44. The van der Waals surface area contributed by atoms with E-state index in [-0.39, 0.29) is 18.1 Å². The number of anilines is 1. The fraction of sp³-hybridized carbons (Fsp3) is 0.400. The van der Waals surface area contributed by atoms with E-state index in [0.717, 1.165) is 50.3 Å². The van der Waals surface area contributed by atoms with Crippen LogP contribution in [0.2, 0.25) is 0 Å². The van der Waals surface area contributed by atoms with Crippen LogP contribution in [0, 0.1) is 0 Å². The average molecular weight is 580 g/mol. The summed E-state index contributed by atoms with van der Waals surface area (Å²) >= 11 is 0. The maximum absolute atomic E-state index is 13.0. The van der Waals surface area contributed by atoms with E-state index in [1.165, 1.54) is 17.7 Å². The molecule has 2 aliphatic heterocycles. The quantitative estimate of drug-likeness (QED) is 0.343. The third kappa shape index (κ3) is 6.64. The van der Waals surface area contributed by atoms with E-state index in [0.29, 0.717) is 43.2 Å². The van der Waals surface area contributed by atoms with Gasteiger partial charge in [0, 0.05) is 82.0 Å². The minimum Gasteiger partial charge on any atom is -0.474 e. The van der Waals surface area contributed by atoms with Crippen LogP contribution in [0.5, 0.6) is 5.88 Å². The summed E-state index contributed by atoms with van der Waals surface area (Å²) in [6, 6.07) is 11.1. The van der Waals surface area contributed by atoms with Crippen molar-refractivity contribution in [3.8, 4) is 5.88 Å². The van der Waals surface area contributed by atoms with Crippen molar-refractivity contribution in [3.05, 3.63) is 84.2 Å². The van der Waals surface area contributed by atoms with Crippen molar-refractivity contribution >= 4 is 17.2 Å². The van der Waals surface area contributed by atoms with Gasteiger partial charge in [0.1, 0.15) is 23.8 Å². The number of rotatable bonds is 7. The van der Waals surface area contributed by atoms with E-state index in [2.05, 4.69) is 30.1 Å². The first-order chi connectivity index (χ1) is 20.3. The number of alkyl halides is 3. The summed E-state index contributed by atoms with van der Waals surface area (Å²) in [4.78, 5) is 30.3. The molecule has 1 amide bonds. The second-order valence-corrected chi connectivity index (χ2v) is 10.8. The molecule has 1 N–H and O–H groups in total. The van der Waals surface area contributed by atoms with Crippen LogP contribution in [-0.2, 0) is 12.7 Å². The first-order valence-corrected chi connectivity index (χ1v) is 14.2. The number of carbonyl (C=O) groups excluding carboxylic acids is 1. The van der Waals surface area contributed by atoms with E-state index in [1.54, 1.807) is 35.4 Å². The second kappa shape index (κ2) is 12.0. The highest BCUT2D eigenvalue weighted by molar-refractivity contribution is 5.93. The Bertz CT molecular complexity index is 1500. The molecule has 1 aromatic carbocycles. The molecule has 3 aromatic heterocycles. The van der Waals surface area contributed by atoms with Crippen molar-refractivity contribution in [2.45, 2.75) is 50.6 Å². The summed E-state index contributed by atoms with van der Waals surface area (Å²) in [5.74, 6) is 0.221. The van der Waals surface area contributed by atoms with Gasteiger partial charge in [0.15, 0.2) is 0 Å². The minimum absolute atomic E-state index is 0.0761. The Kier molecular flexibility index (Phi) is 7.96. The van der Waals surface area contributed by atoms with Gasteiger partial charge < -0.3 is 15.0 Å². The molecule has 2 saturated heterocycles. The zero-order valence-corrected chi connectivity index (χ0v) is 23.0. The Morgan fingerprint density at radius 3 is 2.38 bits per heavy atom. The van der Waals surface area contributed by atoms with Crippen molar-refractivity contribution in [3.63, 3.8) is 0 Å². The Balaban J connectivity index is 0.989. The molecule has 0 unspecified atom stereocenters. The normalized spacial score (nSPS) is 17.5. The Hall–Kier alpha value is -4.19. The highest BCUT2D eigenvalue weighted by Gasteiger charge is 2.30. The van der Waals surface area contributed by atoms with Crippen LogP contribution >= 0.6 is 0 Å². The molecular formula is C30H32F3N7O2. The number of likely N-dealkylation sites (tertiary alicyclic amines) is 1. The lowest BCUT2D eigenvalue weighted by atomic mass is 10.0. The number of aromatic nitrogens is 4. The number of amides is 1. The molecule has 0 bridgehead atoms. The Morgan fingerprint density at radius 1 is 0.976 bits per heavy atom. The third-order valence-electron chi connectivity index (χ3n) is 7.92. The number of ether oxygens (including phenoxy) is 1. The number of carbonyl (C=O) groups is 1. The zero-order chi connectivity index (χ0) is 29.1. The Morgan fingerprint density at radius 2 is 1.69 bits per heavy atom. The van der Waals surface area contributed by atoms with Crippen molar-refractivity contribution in [2.75, 3.05) is 31.1 Å². The van der Waals surface area contributed by atoms with Gasteiger partial charge in [0.2, 0.25) is 5.88 Å². The number of pyridine rings is 1. The molecule has 9 nitrogen and oxygen atoms in total. The number of nitrogens with one attached hydrogen (secondary N) is 1. The monoisotopic (exact) mass is 579 g/mol. The molecule has 4 aromatic rings. The maximum Gasteiger partial charge on any atom is 0.416 e. The molecule has 0 atom stereocenters. The van der Waals surface area contributed by atoms with Crippen LogP contribution in [0.4, 0.5) is 18.9 Å². The molecular weight excluding hydrogens is 547 g/mol. The van der Waals surface area contributed by atoms with E-state index in [9.17, 15) is 18.0 Å². The van der Waals surface area contributed by atoms with Gasteiger partial charge in [0.25, 0.3) is 5.91 Å². The first kappa shape index (κ1) is 28.0. The van der Waals surface area contributed by atoms with Crippen molar-refractivity contribution in [2.24, 2.45) is 0 Å². The van der Waals surface area contributed by atoms with Gasteiger partial charge in [-0.3, -0.25) is 19.1 Å². The summed E-state index contributed by atoms with van der Waals surface area (Å²) in [6.07, 6.45) is 5.61. The smallest absolute Gasteiger partial charge is 0.416 e. The number of fused-ring (bicyclic) bond motifs is 1. The molecule has 2 aliphatic rings. The number of piperidine rings is 2. The van der Waals surface area contributed by atoms with Crippen LogP contribution in [0.3, 0.4) is 0 Å². The molecule has 12 heteroatoms. The predicted molar refractivity (Wildman–Crippen MR) is 150 cm³/mol. The molecule has 42 heavy (non-hydrogen) atoms. The molecule has 0 aliphatic carbocycles. The molecule has 0 radical (unpaired) electrons. The van der Waals surface area contributed by atoms with E-state index in [1.807, 2.05) is 12.1 Å². The number of imidazole rings is 1. The summed E-state index contributed by atoms with van der Waals surface area (Å²) < 4.78 is 46.4. The summed E-state index contributed by atoms with van der Waals surface area (Å²) in [7, 11) is 0. The number of hydrogen-bond donors (Lipinski definition) is 1. The highest BCUT2D eigenvalue weighted by atomic mass is 19.4. The topological polar surface area (TPSA) is 87.9 Å². The zero-order valence-electron chi connectivity index (χ0n) is 23.0. The minimum atomic E-state index is -4.34. The van der Waals surface area contributed by atoms with Gasteiger partial charge in [-0.05, 0) is 54.8 Å². The van der Waals surface area contributed by atoms with Gasteiger partial charge >= 0.3 is 6.18 Å². The lowest BCUT2D eigenvalue weighted by Gasteiger charge is -2.33. The standard InChI is InChI=1S/C30H32F3N7O2/c31-30(32,33)22-1-3-24(4-2-22)39-15-9-25(10-16-39)42-28-17-27-37-26(19-40(27)20-35-28)29(41)36-23-7-13-38(14-8-23)18-21-5-11-34-12-6-21/h1-6,11-12,17,19-20,23,25H,7-10,13-16,18H2,(H,36,41). The fourth-order valence-electron chi connectivity index (χ4n) is 5.55. The van der Waals surface area contributed by atoms with Crippen LogP contribution in [0.25, 0.3) is 5.65 Å². The lowest BCUT2D eigenvalue weighted by molar-refractivity contribution is -0.137. The molecule has 0 spiro atoms. The van der Waals surface area contributed by atoms with Gasteiger partial charge in [-0.1, -0.05) is 0 Å². The number of nitrogens with zero attached hydrogens (tertiary/aromatic N) is 6. The Labute approximate surface area is 241 Å². The van der Waals surface area contributed by atoms with Crippen LogP contribution in [-0.4, -0.2) is 68.5 Å². The summed E-state index contributed by atoms with van der Waals surface area (Å²) in [5, 5.41) is 3.13. The highest BCUT2D eigenvalue weighted by Crippen LogP contribution is 2.31. The van der Waals surface area contributed by atoms with Gasteiger partial charge in [0.05, 0.1) is 5.56 Å². The molecule has 6 rings (SSSR count). The SMILES string of the molecule is O=C(NC1CCN(Cc2ccncc2)CC1)c1cn2cnc(OC3CCN(c4ccc(C(F)(F)F)cc4)CC3)cc2n1. The van der Waals surface area contributed by atoms with Crippen molar-refractivity contribution in [1.29, 1.82) is 0 Å². The van der Waals surface area contributed by atoms with E-state index in [4.69, 9.17) is 4.74 Å². The largest absolute Gasteiger partial charge is 0.474 e. The summed E-state index contributed by atoms with van der Waals surface area (Å²) in [6.45, 7) is 4.02. The van der Waals surface area contributed by atoms with E-state index < -0.39 is 11.7 Å². The number of benzene rings is 1. The maximum atomic E-state index is 13.0. The van der Waals surface area contributed by atoms with Crippen LogP contribution in [0.15, 0.2) is 67.4 Å². The van der Waals surface area contributed by atoms with Crippen molar-refractivity contribution < 1.29 is 22.7 Å². The van der Waals surface area contributed by atoms with Gasteiger partial charge in [-0.2, -0.15) is 13.2 Å². The van der Waals surface area contributed by atoms with Gasteiger partial charge in [-0.25, -0.2) is 9.97 Å². The first-order valence-electron chi connectivity index (χ1n) is 14.2. The van der Waals surface area contributed by atoms with Crippen molar-refractivity contribution in [1.82, 2.24) is 29.6 Å². The molecule has 220 valence electrons. The fourth-order valence-corrected chi connectivity index (χ4v) is 5.55. The second-order valence-electron chi connectivity index (χ2n) is 10.8. The van der Waals surface area contributed by atoms with Crippen LogP contribution in [0.1, 0.15) is 47.3 Å². The number of halogens is 3. The third-order valence-corrected chi connectivity index (χ3v) is 7.92. The molecule has 2 fully saturated rings. The average Bonchev–Trinajstić information content (AvgIpc) is 3.43. The summed E-state index contributed by atoms with van der Waals surface area (Å²) in [5.41, 5.74) is 2.25. The van der Waals surface area contributed by atoms with Crippen LogP contribution < -0.4 is 15.0 Å². The molecule has 0 saturated carbocycles.